The van der Waals surface area contributed by atoms with Gasteiger partial charge in [-0.05, 0) is 44.2 Å². The molecule has 2 heterocycles. The Labute approximate surface area is 161 Å². The summed E-state index contributed by atoms with van der Waals surface area (Å²) in [4.78, 5) is 23.9. The van der Waals surface area contributed by atoms with E-state index >= 15 is 0 Å². The molecule has 2 aromatic heterocycles. The lowest BCUT2D eigenvalue weighted by Gasteiger charge is -2.08. The first-order valence-electron chi connectivity index (χ1n) is 8.63. The van der Waals surface area contributed by atoms with Gasteiger partial charge >= 0.3 is 5.97 Å². The van der Waals surface area contributed by atoms with Crippen molar-refractivity contribution in [3.8, 4) is 5.75 Å². The van der Waals surface area contributed by atoms with Gasteiger partial charge in [-0.25, -0.2) is 4.79 Å². The van der Waals surface area contributed by atoms with Crippen LogP contribution in [-0.4, -0.2) is 23.6 Å². The maximum atomic E-state index is 12.2. The Hall–Kier alpha value is -3.55. The van der Waals surface area contributed by atoms with Crippen LogP contribution in [0.4, 0.5) is 0 Å². The van der Waals surface area contributed by atoms with Crippen molar-refractivity contribution in [2.75, 3.05) is 6.61 Å². The summed E-state index contributed by atoms with van der Waals surface area (Å²) in [5.41, 5.74) is 1.91. The van der Waals surface area contributed by atoms with Crippen molar-refractivity contribution in [1.29, 1.82) is 0 Å². The number of carbonyl (C=O) groups excluding carboxylic acids is 2. The third kappa shape index (κ3) is 5.00. The van der Waals surface area contributed by atoms with Crippen molar-refractivity contribution < 1.29 is 28.0 Å². The number of aromatic nitrogens is 1. The van der Waals surface area contributed by atoms with Gasteiger partial charge in [0, 0.05) is 0 Å². The fourth-order valence-corrected chi connectivity index (χ4v) is 2.44. The molecule has 0 unspecified atom stereocenters. The molecule has 3 aromatic rings. The van der Waals surface area contributed by atoms with Crippen molar-refractivity contribution in [1.82, 2.24) is 10.5 Å². The SMILES string of the molecule is Cc1noc(C)c1COc1cccc(C(=O)OCC(=O)NCc2ccco2)c1. The van der Waals surface area contributed by atoms with Gasteiger partial charge < -0.3 is 23.7 Å². The Morgan fingerprint density at radius 2 is 2.04 bits per heavy atom. The third-order valence-corrected chi connectivity index (χ3v) is 4.01. The molecule has 0 bridgehead atoms. The van der Waals surface area contributed by atoms with Gasteiger partial charge in [-0.15, -0.1) is 0 Å². The van der Waals surface area contributed by atoms with Crippen LogP contribution >= 0.6 is 0 Å². The number of rotatable bonds is 8. The quantitative estimate of drug-likeness (QED) is 0.596. The molecule has 0 saturated carbocycles. The van der Waals surface area contributed by atoms with Gasteiger partial charge in [-0.3, -0.25) is 4.79 Å². The van der Waals surface area contributed by atoms with Crippen LogP contribution in [-0.2, 0) is 22.7 Å². The number of aryl methyl sites for hydroxylation is 2. The monoisotopic (exact) mass is 384 g/mol. The normalized spacial score (nSPS) is 10.5. The summed E-state index contributed by atoms with van der Waals surface area (Å²) >= 11 is 0. The predicted molar refractivity (Wildman–Crippen MR) is 97.6 cm³/mol. The summed E-state index contributed by atoms with van der Waals surface area (Å²) in [6.45, 7) is 3.76. The van der Waals surface area contributed by atoms with Crippen molar-refractivity contribution in [3.05, 3.63) is 71.0 Å². The van der Waals surface area contributed by atoms with E-state index in [9.17, 15) is 9.59 Å². The summed E-state index contributed by atoms with van der Waals surface area (Å²) in [6.07, 6.45) is 1.52. The number of nitrogens with one attached hydrogen (secondary N) is 1. The Kier molecular flexibility index (Phi) is 6.11. The molecule has 0 spiro atoms. The molecule has 0 aliphatic heterocycles. The van der Waals surface area contributed by atoms with Crippen LogP contribution in [0.3, 0.4) is 0 Å². The van der Waals surface area contributed by atoms with Gasteiger partial charge in [-0.2, -0.15) is 0 Å². The van der Waals surface area contributed by atoms with Gasteiger partial charge in [-0.1, -0.05) is 11.2 Å². The van der Waals surface area contributed by atoms with Gasteiger partial charge in [0.1, 0.15) is 23.9 Å². The fourth-order valence-electron chi connectivity index (χ4n) is 2.44. The van der Waals surface area contributed by atoms with Crippen molar-refractivity contribution in [3.63, 3.8) is 0 Å². The van der Waals surface area contributed by atoms with E-state index < -0.39 is 11.9 Å². The van der Waals surface area contributed by atoms with Crippen LogP contribution in [0.1, 0.15) is 33.1 Å². The van der Waals surface area contributed by atoms with E-state index in [4.69, 9.17) is 18.4 Å². The molecule has 1 aromatic carbocycles. The average molecular weight is 384 g/mol. The van der Waals surface area contributed by atoms with Crippen LogP contribution in [0.15, 0.2) is 51.6 Å². The molecule has 0 atom stereocenters. The number of amides is 1. The minimum absolute atomic E-state index is 0.231. The first kappa shape index (κ1) is 19.2. The van der Waals surface area contributed by atoms with Gasteiger partial charge in [0.05, 0.1) is 29.6 Å². The predicted octanol–water partition coefficient (Wildman–Crippen LogP) is 2.94. The molecular formula is C20H20N2O6. The maximum absolute atomic E-state index is 12.2. The Morgan fingerprint density at radius 3 is 2.75 bits per heavy atom. The summed E-state index contributed by atoms with van der Waals surface area (Å²) in [7, 11) is 0. The number of hydrogen-bond donors (Lipinski definition) is 1. The molecule has 8 nitrogen and oxygen atoms in total. The zero-order valence-corrected chi connectivity index (χ0v) is 15.6. The summed E-state index contributed by atoms with van der Waals surface area (Å²) < 4.78 is 21.0. The molecule has 1 amide bonds. The van der Waals surface area contributed by atoms with Crippen molar-refractivity contribution in [2.24, 2.45) is 0 Å². The molecule has 0 aliphatic carbocycles. The van der Waals surface area contributed by atoms with Crippen LogP contribution in [0.25, 0.3) is 0 Å². The highest BCUT2D eigenvalue weighted by atomic mass is 16.5. The number of ether oxygens (including phenoxy) is 2. The van der Waals surface area contributed by atoms with Crippen molar-refractivity contribution in [2.45, 2.75) is 27.0 Å². The molecule has 3 rings (SSSR count). The maximum Gasteiger partial charge on any atom is 0.338 e. The topological polar surface area (TPSA) is 104 Å². The molecule has 0 radical (unpaired) electrons. The number of hydrogen-bond acceptors (Lipinski definition) is 7. The largest absolute Gasteiger partial charge is 0.489 e. The van der Waals surface area contributed by atoms with Crippen LogP contribution in [0, 0.1) is 13.8 Å². The highest BCUT2D eigenvalue weighted by molar-refractivity contribution is 5.91. The number of nitrogens with zero attached hydrogens (tertiary/aromatic N) is 1. The Morgan fingerprint density at radius 1 is 1.18 bits per heavy atom. The van der Waals surface area contributed by atoms with E-state index in [-0.39, 0.29) is 25.3 Å². The number of esters is 1. The molecular weight excluding hydrogens is 364 g/mol. The highest BCUT2D eigenvalue weighted by Gasteiger charge is 2.13. The second kappa shape index (κ2) is 8.90. The zero-order chi connectivity index (χ0) is 19.9. The molecule has 0 aliphatic rings. The van der Waals surface area contributed by atoms with E-state index in [2.05, 4.69) is 10.5 Å². The van der Waals surface area contributed by atoms with Gasteiger partial charge in [0.2, 0.25) is 0 Å². The standard InChI is InChI=1S/C20H20N2O6/c1-13-18(14(2)28-22-13)11-26-16-6-3-5-15(9-16)20(24)27-12-19(23)21-10-17-7-4-8-25-17/h3-9H,10-12H2,1-2H3,(H,21,23). The number of benzene rings is 1. The van der Waals surface area contributed by atoms with Crippen LogP contribution in [0.2, 0.25) is 0 Å². The summed E-state index contributed by atoms with van der Waals surface area (Å²) in [5, 5.41) is 6.47. The molecule has 8 heteroatoms. The van der Waals surface area contributed by atoms with E-state index in [0.29, 0.717) is 17.3 Å². The molecule has 1 N–H and O–H groups in total. The molecule has 146 valence electrons. The minimum atomic E-state index is -0.615. The van der Waals surface area contributed by atoms with E-state index in [1.54, 1.807) is 36.4 Å². The molecule has 0 fully saturated rings. The second-order valence-corrected chi connectivity index (χ2v) is 6.05. The van der Waals surface area contributed by atoms with Crippen molar-refractivity contribution >= 4 is 11.9 Å². The third-order valence-electron chi connectivity index (χ3n) is 4.01. The Bertz CT molecular complexity index is 926. The minimum Gasteiger partial charge on any atom is -0.489 e. The molecule has 0 saturated heterocycles. The summed E-state index contributed by atoms with van der Waals surface area (Å²) in [5.74, 6) is 0.764. The van der Waals surface area contributed by atoms with Gasteiger partial charge in [0.15, 0.2) is 6.61 Å². The van der Waals surface area contributed by atoms with E-state index in [1.165, 1.54) is 6.26 Å². The molecule has 28 heavy (non-hydrogen) atoms. The van der Waals surface area contributed by atoms with E-state index in [1.807, 2.05) is 13.8 Å². The fraction of sp³-hybridized carbons (Fsp3) is 0.250. The number of carbonyl (C=O) groups is 2. The summed E-state index contributed by atoms with van der Waals surface area (Å²) in [6, 6.07) is 10.0. The van der Waals surface area contributed by atoms with Crippen LogP contribution in [0.5, 0.6) is 5.75 Å². The second-order valence-electron chi connectivity index (χ2n) is 6.05. The van der Waals surface area contributed by atoms with E-state index in [0.717, 1.165) is 11.3 Å². The lowest BCUT2D eigenvalue weighted by Crippen LogP contribution is -2.28. The number of furan rings is 1. The highest BCUT2D eigenvalue weighted by Crippen LogP contribution is 2.19. The average Bonchev–Trinajstić information content (AvgIpc) is 3.33. The lowest BCUT2D eigenvalue weighted by atomic mass is 10.2. The van der Waals surface area contributed by atoms with Crippen LogP contribution < -0.4 is 10.1 Å². The first-order chi connectivity index (χ1) is 13.5. The zero-order valence-electron chi connectivity index (χ0n) is 15.6. The Balaban J connectivity index is 1.49. The first-order valence-corrected chi connectivity index (χ1v) is 8.63. The van der Waals surface area contributed by atoms with Gasteiger partial charge in [0.25, 0.3) is 5.91 Å². The lowest BCUT2D eigenvalue weighted by molar-refractivity contribution is -0.124. The smallest absolute Gasteiger partial charge is 0.338 e.